The van der Waals surface area contributed by atoms with Gasteiger partial charge in [-0.25, -0.2) is 4.79 Å². The summed E-state index contributed by atoms with van der Waals surface area (Å²) in [5.41, 5.74) is 5.93. The van der Waals surface area contributed by atoms with Crippen molar-refractivity contribution in [3.63, 3.8) is 0 Å². The van der Waals surface area contributed by atoms with Crippen LogP contribution in [0.1, 0.15) is 22.3 Å². The van der Waals surface area contributed by atoms with Gasteiger partial charge in [0.05, 0.1) is 12.7 Å². The second-order valence-corrected chi connectivity index (χ2v) is 5.11. The van der Waals surface area contributed by atoms with Crippen LogP contribution in [0.3, 0.4) is 0 Å². The molecule has 2 heteroatoms. The molecule has 0 N–H and O–H groups in total. The molecule has 0 fully saturated rings. The lowest BCUT2D eigenvalue weighted by Gasteiger charge is -2.06. The molecule has 0 bridgehead atoms. The zero-order valence-corrected chi connectivity index (χ0v) is 12.1. The average molecular weight is 276 g/mol. The maximum Gasteiger partial charge on any atom is 0.338 e. The zero-order chi connectivity index (χ0) is 14.8. The fourth-order valence-electron chi connectivity index (χ4n) is 2.61. The molecule has 0 atom stereocenters. The first-order valence-corrected chi connectivity index (χ1v) is 6.87. The fourth-order valence-corrected chi connectivity index (χ4v) is 2.61. The zero-order valence-electron chi connectivity index (χ0n) is 12.1. The molecule has 0 saturated carbocycles. The van der Waals surface area contributed by atoms with Crippen LogP contribution in [0.25, 0.3) is 17.7 Å². The van der Waals surface area contributed by atoms with Gasteiger partial charge in [0.15, 0.2) is 0 Å². The third-order valence-electron chi connectivity index (χ3n) is 3.60. The van der Waals surface area contributed by atoms with E-state index in [1.807, 2.05) is 48.6 Å². The van der Waals surface area contributed by atoms with Crippen LogP contribution in [0, 0.1) is 6.92 Å². The highest BCUT2D eigenvalue weighted by Crippen LogP contribution is 2.37. The Hall–Kier alpha value is -2.61. The van der Waals surface area contributed by atoms with E-state index < -0.39 is 0 Å². The summed E-state index contributed by atoms with van der Waals surface area (Å²) in [6.07, 6.45) is 3.93. The van der Waals surface area contributed by atoms with E-state index in [4.69, 9.17) is 4.74 Å². The summed E-state index contributed by atoms with van der Waals surface area (Å²) >= 11 is 0. The largest absolute Gasteiger partial charge is 0.465 e. The fraction of sp³-hybridized carbons (Fsp3) is 0.105. The normalized spacial score (nSPS) is 14.8. The summed E-state index contributed by atoms with van der Waals surface area (Å²) in [6, 6.07) is 16.2. The van der Waals surface area contributed by atoms with Gasteiger partial charge >= 0.3 is 5.97 Å². The minimum absolute atomic E-state index is 0.301. The number of methoxy groups -OCH3 is 1. The first kappa shape index (κ1) is 13.4. The van der Waals surface area contributed by atoms with Crippen molar-refractivity contribution < 1.29 is 9.53 Å². The Kier molecular flexibility index (Phi) is 3.44. The Bertz CT molecular complexity index is 767. The summed E-state index contributed by atoms with van der Waals surface area (Å²) in [6.45, 7) is 2.06. The molecule has 21 heavy (non-hydrogen) atoms. The number of hydrogen-bond donors (Lipinski definition) is 0. The first-order chi connectivity index (χ1) is 10.2. The Balaban J connectivity index is 2.13. The van der Waals surface area contributed by atoms with Crippen molar-refractivity contribution in [2.24, 2.45) is 0 Å². The van der Waals surface area contributed by atoms with Gasteiger partial charge in [0.1, 0.15) is 0 Å². The molecule has 104 valence electrons. The SMILES string of the molecule is COC(=O)C1=Cc2ccccc2/C1=C\c1cccc(C)c1. The summed E-state index contributed by atoms with van der Waals surface area (Å²) < 4.78 is 4.91. The summed E-state index contributed by atoms with van der Waals surface area (Å²) in [5, 5.41) is 0. The third-order valence-corrected chi connectivity index (χ3v) is 3.60. The number of carbonyl (C=O) groups excluding carboxylic acids is 1. The van der Waals surface area contributed by atoms with Crippen LogP contribution in [-0.2, 0) is 9.53 Å². The standard InChI is InChI=1S/C19H16O2/c1-13-6-5-7-14(10-13)11-17-16-9-4-3-8-15(16)12-18(17)19(20)21-2/h3-12H,1-2H3/b17-11+. The van der Waals surface area contributed by atoms with E-state index in [1.54, 1.807) is 0 Å². The molecule has 3 rings (SSSR count). The molecule has 0 saturated heterocycles. The molecule has 0 aromatic heterocycles. The van der Waals surface area contributed by atoms with Crippen LogP contribution in [0.2, 0.25) is 0 Å². The van der Waals surface area contributed by atoms with Crippen LogP contribution < -0.4 is 0 Å². The molecule has 1 aliphatic carbocycles. The Morgan fingerprint density at radius 3 is 2.67 bits per heavy atom. The molecule has 0 unspecified atom stereocenters. The van der Waals surface area contributed by atoms with Gasteiger partial charge in [0, 0.05) is 0 Å². The lowest BCUT2D eigenvalue weighted by molar-refractivity contribution is -0.135. The number of hydrogen-bond acceptors (Lipinski definition) is 2. The van der Waals surface area contributed by atoms with Gasteiger partial charge in [-0.3, -0.25) is 0 Å². The van der Waals surface area contributed by atoms with Crippen LogP contribution in [0.15, 0.2) is 54.1 Å². The van der Waals surface area contributed by atoms with Gasteiger partial charge in [-0.1, -0.05) is 54.1 Å². The molecule has 2 nitrogen and oxygen atoms in total. The number of rotatable bonds is 2. The number of fused-ring (bicyclic) bond motifs is 1. The Morgan fingerprint density at radius 2 is 1.90 bits per heavy atom. The third kappa shape index (κ3) is 2.52. The monoisotopic (exact) mass is 276 g/mol. The molecule has 0 heterocycles. The number of ether oxygens (including phenoxy) is 1. The van der Waals surface area contributed by atoms with Crippen molar-refractivity contribution in [1.82, 2.24) is 0 Å². The minimum atomic E-state index is -0.301. The van der Waals surface area contributed by atoms with E-state index >= 15 is 0 Å². The highest BCUT2D eigenvalue weighted by atomic mass is 16.5. The van der Waals surface area contributed by atoms with Crippen LogP contribution in [0.5, 0.6) is 0 Å². The lowest BCUT2D eigenvalue weighted by Crippen LogP contribution is -2.03. The molecule has 0 spiro atoms. The van der Waals surface area contributed by atoms with Crippen LogP contribution >= 0.6 is 0 Å². The molecule has 0 amide bonds. The van der Waals surface area contributed by atoms with Crippen molar-refractivity contribution in [2.45, 2.75) is 6.92 Å². The Labute approximate surface area is 124 Å². The highest BCUT2D eigenvalue weighted by Gasteiger charge is 2.24. The van der Waals surface area contributed by atoms with Crippen LogP contribution in [-0.4, -0.2) is 13.1 Å². The topological polar surface area (TPSA) is 26.3 Å². The molecule has 1 aliphatic rings. The van der Waals surface area contributed by atoms with Crippen molar-refractivity contribution in [3.05, 3.63) is 76.4 Å². The number of aryl methyl sites for hydroxylation is 1. The smallest absolute Gasteiger partial charge is 0.338 e. The quantitative estimate of drug-likeness (QED) is 0.772. The summed E-state index contributed by atoms with van der Waals surface area (Å²) in [7, 11) is 1.41. The van der Waals surface area contributed by atoms with E-state index in [0.29, 0.717) is 5.57 Å². The maximum absolute atomic E-state index is 12.0. The molecule has 2 aromatic rings. The summed E-state index contributed by atoms with van der Waals surface area (Å²) in [4.78, 5) is 12.0. The van der Waals surface area contributed by atoms with Crippen molar-refractivity contribution in [2.75, 3.05) is 7.11 Å². The molecular formula is C19H16O2. The summed E-state index contributed by atoms with van der Waals surface area (Å²) in [5.74, 6) is -0.301. The number of esters is 1. The van der Waals surface area contributed by atoms with Gasteiger partial charge in [0.25, 0.3) is 0 Å². The predicted octanol–water partition coefficient (Wildman–Crippen LogP) is 4.11. The second-order valence-electron chi connectivity index (χ2n) is 5.11. The van der Waals surface area contributed by atoms with Gasteiger partial charge in [-0.2, -0.15) is 0 Å². The maximum atomic E-state index is 12.0. The van der Waals surface area contributed by atoms with Crippen molar-refractivity contribution in [3.8, 4) is 0 Å². The van der Waals surface area contributed by atoms with Gasteiger partial charge < -0.3 is 4.74 Å². The first-order valence-electron chi connectivity index (χ1n) is 6.87. The van der Waals surface area contributed by atoms with Crippen molar-refractivity contribution >= 4 is 23.7 Å². The van der Waals surface area contributed by atoms with E-state index in [0.717, 1.165) is 22.3 Å². The van der Waals surface area contributed by atoms with E-state index in [9.17, 15) is 4.79 Å². The lowest BCUT2D eigenvalue weighted by atomic mass is 9.99. The highest BCUT2D eigenvalue weighted by molar-refractivity contribution is 6.18. The van der Waals surface area contributed by atoms with Gasteiger partial charge in [0.2, 0.25) is 0 Å². The number of carbonyl (C=O) groups is 1. The van der Waals surface area contributed by atoms with E-state index in [-0.39, 0.29) is 5.97 Å². The molecule has 0 radical (unpaired) electrons. The molecule has 0 aliphatic heterocycles. The molecule has 2 aromatic carbocycles. The second kappa shape index (κ2) is 5.41. The number of benzene rings is 2. The van der Waals surface area contributed by atoms with Crippen molar-refractivity contribution in [1.29, 1.82) is 0 Å². The van der Waals surface area contributed by atoms with Crippen LogP contribution in [0.4, 0.5) is 0 Å². The van der Waals surface area contributed by atoms with Gasteiger partial charge in [-0.15, -0.1) is 0 Å². The average Bonchev–Trinajstić information content (AvgIpc) is 2.85. The van der Waals surface area contributed by atoms with E-state index in [1.165, 1.54) is 12.7 Å². The van der Waals surface area contributed by atoms with E-state index in [2.05, 4.69) is 19.1 Å². The molecular weight excluding hydrogens is 260 g/mol. The van der Waals surface area contributed by atoms with Gasteiger partial charge in [-0.05, 0) is 41.3 Å². The Morgan fingerprint density at radius 1 is 1.10 bits per heavy atom. The minimum Gasteiger partial charge on any atom is -0.465 e. The predicted molar refractivity (Wildman–Crippen MR) is 85.5 cm³/mol.